The summed E-state index contributed by atoms with van der Waals surface area (Å²) in [5.41, 5.74) is 1.28. The summed E-state index contributed by atoms with van der Waals surface area (Å²) in [7, 11) is 1.87. The molecule has 2 rings (SSSR count). The van der Waals surface area contributed by atoms with Gasteiger partial charge in [-0.1, -0.05) is 0 Å². The van der Waals surface area contributed by atoms with Crippen LogP contribution >= 0.6 is 0 Å². The topological polar surface area (TPSA) is 48.5 Å². The van der Waals surface area contributed by atoms with Crippen molar-refractivity contribution in [2.24, 2.45) is 0 Å². The summed E-state index contributed by atoms with van der Waals surface area (Å²) >= 11 is 0. The van der Waals surface area contributed by atoms with Crippen LogP contribution in [0.5, 0.6) is 0 Å². The van der Waals surface area contributed by atoms with Gasteiger partial charge in [0.05, 0.1) is 0 Å². The van der Waals surface area contributed by atoms with Crippen LogP contribution in [0, 0.1) is 0 Å². The molecule has 1 saturated heterocycles. The molecule has 5 nitrogen and oxygen atoms in total. The first kappa shape index (κ1) is 14.0. The standard InChI is InChI=1S/C14H22N4O/c1-15-5-4-14(19)18-10-8-17(9-11-18)12-13-2-6-16-7-3-13/h2-3,6-7,15H,4-5,8-12H2,1H3. The summed E-state index contributed by atoms with van der Waals surface area (Å²) in [6, 6.07) is 4.09. The van der Waals surface area contributed by atoms with Crippen LogP contribution in [0.4, 0.5) is 0 Å². The quantitative estimate of drug-likeness (QED) is 0.831. The van der Waals surface area contributed by atoms with Crippen molar-refractivity contribution in [2.75, 3.05) is 39.8 Å². The Balaban J connectivity index is 1.75. The Morgan fingerprint density at radius 1 is 1.26 bits per heavy atom. The highest BCUT2D eigenvalue weighted by molar-refractivity contribution is 5.76. The van der Waals surface area contributed by atoms with E-state index in [1.165, 1.54) is 5.56 Å². The number of carbonyl (C=O) groups is 1. The fraction of sp³-hybridized carbons (Fsp3) is 0.571. The van der Waals surface area contributed by atoms with Gasteiger partial charge in [0.15, 0.2) is 0 Å². The van der Waals surface area contributed by atoms with Crippen molar-refractivity contribution in [3.63, 3.8) is 0 Å². The molecule has 1 aromatic rings. The van der Waals surface area contributed by atoms with Gasteiger partial charge in [0, 0.05) is 58.1 Å². The highest BCUT2D eigenvalue weighted by atomic mass is 16.2. The van der Waals surface area contributed by atoms with Gasteiger partial charge >= 0.3 is 0 Å². The van der Waals surface area contributed by atoms with Gasteiger partial charge in [-0.15, -0.1) is 0 Å². The van der Waals surface area contributed by atoms with Gasteiger partial charge in [-0.2, -0.15) is 0 Å². The van der Waals surface area contributed by atoms with Crippen LogP contribution in [0.15, 0.2) is 24.5 Å². The molecule has 0 spiro atoms. The molecule has 0 saturated carbocycles. The molecule has 1 fully saturated rings. The number of nitrogens with zero attached hydrogens (tertiary/aromatic N) is 3. The fourth-order valence-electron chi connectivity index (χ4n) is 2.29. The van der Waals surface area contributed by atoms with Crippen LogP contribution in [0.1, 0.15) is 12.0 Å². The van der Waals surface area contributed by atoms with Crippen LogP contribution in [-0.2, 0) is 11.3 Å². The highest BCUT2D eigenvalue weighted by Gasteiger charge is 2.20. The number of aromatic nitrogens is 1. The predicted octanol–water partition coefficient (Wildman–Crippen LogP) is 0.335. The van der Waals surface area contributed by atoms with Crippen LogP contribution < -0.4 is 5.32 Å². The number of hydrogen-bond donors (Lipinski definition) is 1. The monoisotopic (exact) mass is 262 g/mol. The molecule has 2 heterocycles. The molecule has 0 aromatic carbocycles. The molecule has 1 aliphatic heterocycles. The van der Waals surface area contributed by atoms with E-state index in [1.54, 1.807) is 0 Å². The highest BCUT2D eigenvalue weighted by Crippen LogP contribution is 2.08. The minimum absolute atomic E-state index is 0.262. The number of pyridine rings is 1. The Morgan fingerprint density at radius 3 is 2.58 bits per heavy atom. The number of rotatable bonds is 5. The van der Waals surface area contributed by atoms with Crippen molar-refractivity contribution < 1.29 is 4.79 Å². The van der Waals surface area contributed by atoms with Crippen LogP contribution in [0.25, 0.3) is 0 Å². The molecule has 0 radical (unpaired) electrons. The molecular weight excluding hydrogens is 240 g/mol. The van der Waals surface area contributed by atoms with E-state index >= 15 is 0 Å². The lowest BCUT2D eigenvalue weighted by Gasteiger charge is -2.34. The van der Waals surface area contributed by atoms with Crippen molar-refractivity contribution >= 4 is 5.91 Å². The minimum Gasteiger partial charge on any atom is -0.340 e. The molecule has 104 valence electrons. The van der Waals surface area contributed by atoms with E-state index in [0.29, 0.717) is 6.42 Å². The Kier molecular flexibility index (Phi) is 5.30. The number of nitrogens with one attached hydrogen (secondary N) is 1. The van der Waals surface area contributed by atoms with E-state index in [0.717, 1.165) is 39.3 Å². The summed E-state index contributed by atoms with van der Waals surface area (Å²) < 4.78 is 0. The van der Waals surface area contributed by atoms with Gasteiger partial charge < -0.3 is 10.2 Å². The fourth-order valence-corrected chi connectivity index (χ4v) is 2.29. The van der Waals surface area contributed by atoms with Crippen molar-refractivity contribution in [1.82, 2.24) is 20.1 Å². The zero-order valence-corrected chi connectivity index (χ0v) is 11.5. The Morgan fingerprint density at radius 2 is 1.95 bits per heavy atom. The maximum atomic E-state index is 11.9. The van der Waals surface area contributed by atoms with Crippen LogP contribution in [-0.4, -0.2) is 60.5 Å². The van der Waals surface area contributed by atoms with E-state index in [2.05, 4.69) is 15.2 Å². The number of amides is 1. The summed E-state index contributed by atoms with van der Waals surface area (Å²) in [5.74, 6) is 0.262. The first-order chi connectivity index (χ1) is 9.29. The minimum atomic E-state index is 0.262. The van der Waals surface area contributed by atoms with Gasteiger partial charge in [-0.25, -0.2) is 0 Å². The summed E-state index contributed by atoms with van der Waals surface area (Å²) in [6.07, 6.45) is 4.25. The maximum absolute atomic E-state index is 11.9. The van der Waals surface area contributed by atoms with Gasteiger partial charge in [-0.05, 0) is 24.7 Å². The largest absolute Gasteiger partial charge is 0.340 e. The predicted molar refractivity (Wildman–Crippen MR) is 74.6 cm³/mol. The molecule has 1 amide bonds. The van der Waals surface area contributed by atoms with E-state index in [9.17, 15) is 4.79 Å². The second kappa shape index (κ2) is 7.21. The third-order valence-corrected chi connectivity index (χ3v) is 3.47. The lowest BCUT2D eigenvalue weighted by atomic mass is 10.2. The van der Waals surface area contributed by atoms with Gasteiger partial charge in [0.2, 0.25) is 5.91 Å². The normalized spacial score (nSPS) is 16.6. The number of hydrogen-bond acceptors (Lipinski definition) is 4. The summed E-state index contributed by atoms with van der Waals surface area (Å²) in [4.78, 5) is 20.3. The molecule has 19 heavy (non-hydrogen) atoms. The SMILES string of the molecule is CNCCC(=O)N1CCN(Cc2ccncc2)CC1. The lowest BCUT2D eigenvalue weighted by molar-refractivity contribution is -0.132. The number of piperazine rings is 1. The van der Waals surface area contributed by atoms with E-state index in [4.69, 9.17) is 0 Å². The van der Waals surface area contributed by atoms with Crippen molar-refractivity contribution in [1.29, 1.82) is 0 Å². The molecule has 1 aliphatic rings. The Hall–Kier alpha value is -1.46. The maximum Gasteiger partial charge on any atom is 0.223 e. The molecule has 1 N–H and O–H groups in total. The second-order valence-corrected chi connectivity index (χ2v) is 4.87. The van der Waals surface area contributed by atoms with Crippen molar-refractivity contribution in [2.45, 2.75) is 13.0 Å². The van der Waals surface area contributed by atoms with E-state index in [1.807, 2.05) is 36.5 Å². The lowest BCUT2D eigenvalue weighted by Crippen LogP contribution is -2.48. The summed E-state index contributed by atoms with van der Waals surface area (Å²) in [5, 5.41) is 3.02. The number of carbonyl (C=O) groups excluding carboxylic acids is 1. The molecule has 5 heteroatoms. The third kappa shape index (κ3) is 4.29. The van der Waals surface area contributed by atoms with Crippen LogP contribution in [0.3, 0.4) is 0 Å². The molecule has 0 unspecified atom stereocenters. The van der Waals surface area contributed by atoms with Gasteiger partial charge in [0.25, 0.3) is 0 Å². The average molecular weight is 262 g/mol. The van der Waals surface area contributed by atoms with E-state index in [-0.39, 0.29) is 5.91 Å². The first-order valence-electron chi connectivity index (χ1n) is 6.83. The van der Waals surface area contributed by atoms with E-state index < -0.39 is 0 Å². The Bertz CT molecular complexity index is 388. The molecular formula is C14H22N4O. The van der Waals surface area contributed by atoms with Crippen LogP contribution in [0.2, 0.25) is 0 Å². The molecule has 1 aromatic heterocycles. The zero-order valence-electron chi connectivity index (χ0n) is 11.5. The van der Waals surface area contributed by atoms with Gasteiger partial charge in [0.1, 0.15) is 0 Å². The third-order valence-electron chi connectivity index (χ3n) is 3.47. The zero-order chi connectivity index (χ0) is 13.5. The smallest absolute Gasteiger partial charge is 0.223 e. The first-order valence-corrected chi connectivity index (χ1v) is 6.83. The van der Waals surface area contributed by atoms with Gasteiger partial charge in [-0.3, -0.25) is 14.7 Å². The molecule has 0 atom stereocenters. The molecule has 0 aliphatic carbocycles. The van der Waals surface area contributed by atoms with Crippen molar-refractivity contribution in [3.05, 3.63) is 30.1 Å². The molecule has 0 bridgehead atoms. The summed E-state index contributed by atoms with van der Waals surface area (Å²) in [6.45, 7) is 5.29. The average Bonchev–Trinajstić information content (AvgIpc) is 2.46. The van der Waals surface area contributed by atoms with Crippen molar-refractivity contribution in [3.8, 4) is 0 Å². The second-order valence-electron chi connectivity index (χ2n) is 4.87. The Labute approximate surface area is 114 Å².